The number of fused-ring (bicyclic) bond motifs is 5. The first kappa shape index (κ1) is 33.0. The van der Waals surface area contributed by atoms with Crippen LogP contribution >= 0.6 is 0 Å². The van der Waals surface area contributed by atoms with Gasteiger partial charge in [-0.3, -0.25) is 14.8 Å². The Hall–Kier alpha value is -4.13. The fourth-order valence-corrected chi connectivity index (χ4v) is 8.84. The van der Waals surface area contributed by atoms with Crippen molar-refractivity contribution in [3.8, 4) is 17.3 Å². The number of halogens is 1. The Bertz CT molecular complexity index is 1930. The maximum atomic E-state index is 17.0. The van der Waals surface area contributed by atoms with Crippen LogP contribution in [0, 0.1) is 5.82 Å². The van der Waals surface area contributed by atoms with Crippen molar-refractivity contribution in [3.63, 3.8) is 0 Å². The molecule has 2 aromatic heterocycles. The summed E-state index contributed by atoms with van der Waals surface area (Å²) in [4.78, 5) is 33.6. The number of ether oxygens (including phenoxy) is 2. The fourth-order valence-electron chi connectivity index (χ4n) is 8.84. The molecule has 12 heteroatoms. The zero-order valence-electron chi connectivity index (χ0n) is 29.1. The van der Waals surface area contributed by atoms with Crippen LogP contribution in [0.15, 0.2) is 42.6 Å². The highest BCUT2D eigenvalue weighted by atomic mass is 19.1. The lowest BCUT2D eigenvalue weighted by Crippen LogP contribution is -2.57. The second kappa shape index (κ2) is 12.3. The summed E-state index contributed by atoms with van der Waals surface area (Å²) >= 11 is 0. The van der Waals surface area contributed by atoms with Crippen LogP contribution in [-0.4, -0.2) is 109 Å². The van der Waals surface area contributed by atoms with E-state index in [0.717, 1.165) is 35.6 Å². The number of pyridine rings is 1. The number of β-amino-alcohol motifs (C(OH)–C–C–N with tert-alkyl or cyclic N) is 2. The average molecular weight is 685 g/mol. The second-order valence-corrected chi connectivity index (χ2v) is 15.5. The molecule has 8 rings (SSSR count). The molecule has 2 bridgehead atoms. The van der Waals surface area contributed by atoms with Gasteiger partial charge < -0.3 is 24.6 Å². The monoisotopic (exact) mass is 684 g/mol. The average Bonchev–Trinajstić information content (AvgIpc) is 3.64. The van der Waals surface area contributed by atoms with Gasteiger partial charge in [-0.05, 0) is 69.2 Å². The van der Waals surface area contributed by atoms with Gasteiger partial charge in [-0.1, -0.05) is 43.3 Å². The van der Waals surface area contributed by atoms with Gasteiger partial charge in [-0.2, -0.15) is 9.97 Å². The number of piperazine rings is 1. The third-order valence-corrected chi connectivity index (χ3v) is 10.9. The van der Waals surface area contributed by atoms with E-state index >= 15 is 4.39 Å². The van der Waals surface area contributed by atoms with Crippen molar-refractivity contribution < 1.29 is 28.9 Å². The van der Waals surface area contributed by atoms with Crippen LogP contribution in [-0.2, 0) is 11.2 Å². The summed E-state index contributed by atoms with van der Waals surface area (Å²) in [5, 5.41) is 23.4. The van der Waals surface area contributed by atoms with E-state index in [1.54, 1.807) is 6.20 Å². The van der Waals surface area contributed by atoms with Crippen molar-refractivity contribution in [2.75, 3.05) is 37.7 Å². The van der Waals surface area contributed by atoms with E-state index in [1.165, 1.54) is 0 Å². The zero-order valence-corrected chi connectivity index (χ0v) is 29.1. The predicted molar refractivity (Wildman–Crippen MR) is 188 cm³/mol. The summed E-state index contributed by atoms with van der Waals surface area (Å²) in [5.41, 5.74) is 0.946. The quantitative estimate of drug-likeness (QED) is 0.284. The number of aliphatic hydroxyl groups is 2. The lowest BCUT2D eigenvalue weighted by Gasteiger charge is -2.42. The molecule has 11 nitrogen and oxygen atoms in total. The third-order valence-electron chi connectivity index (χ3n) is 10.9. The standard InChI is InChI=1S/C38H45FN6O5/c1-5-22-8-6-9-23-10-7-11-28(30(22)23)32-31(39)33-29(16-40-32)34(43-17-24-12-13-25(18-43)45(24)36(48)50-37(2,3)4)42-35(41-33)49-21-38-14-26(46)19-44(38)20-27(47)15-38/h6-11,16,24-27,46-47H,5,12-15,17-21H2,1-4H3/t24?,25?,26-,27+,38-. The van der Waals surface area contributed by atoms with Crippen LogP contribution in [0.25, 0.3) is 32.9 Å². The molecule has 4 fully saturated rings. The number of rotatable bonds is 6. The van der Waals surface area contributed by atoms with Gasteiger partial charge in [0.25, 0.3) is 0 Å². The maximum absolute atomic E-state index is 17.0. The Morgan fingerprint density at radius 1 is 1.00 bits per heavy atom. The van der Waals surface area contributed by atoms with Crippen LogP contribution < -0.4 is 9.64 Å². The first-order valence-electron chi connectivity index (χ1n) is 17.8. The van der Waals surface area contributed by atoms with Crippen LogP contribution in [0.1, 0.15) is 58.9 Å². The summed E-state index contributed by atoms with van der Waals surface area (Å²) in [6, 6.07) is 11.8. The van der Waals surface area contributed by atoms with Crippen LogP contribution in [0.3, 0.4) is 0 Å². The van der Waals surface area contributed by atoms with E-state index in [-0.39, 0.29) is 42.0 Å². The van der Waals surface area contributed by atoms with Gasteiger partial charge in [-0.15, -0.1) is 0 Å². The molecule has 2 unspecified atom stereocenters. The van der Waals surface area contributed by atoms with E-state index in [9.17, 15) is 15.0 Å². The number of amides is 1. The number of hydrogen-bond donors (Lipinski definition) is 2. The summed E-state index contributed by atoms with van der Waals surface area (Å²) < 4.78 is 29.1. The third kappa shape index (κ3) is 5.71. The molecule has 4 aliphatic heterocycles. The lowest BCUT2D eigenvalue weighted by molar-refractivity contribution is 0.0122. The number of nitrogens with zero attached hydrogens (tertiary/aromatic N) is 6. The van der Waals surface area contributed by atoms with Gasteiger partial charge in [-0.25, -0.2) is 9.18 Å². The van der Waals surface area contributed by atoms with Gasteiger partial charge in [0, 0.05) is 37.9 Å². The summed E-state index contributed by atoms with van der Waals surface area (Å²) in [6.07, 6.45) is 3.67. The minimum Gasteiger partial charge on any atom is -0.461 e. The molecular weight excluding hydrogens is 639 g/mol. The second-order valence-electron chi connectivity index (χ2n) is 15.5. The highest BCUT2D eigenvalue weighted by Crippen LogP contribution is 2.41. The smallest absolute Gasteiger partial charge is 0.410 e. The SMILES string of the molecule is CCc1cccc2cccc(-c3ncc4c(N5CC6CCC(C5)N6C(=O)OC(C)(C)C)nc(OC[C@@]56C[C@H](O)CN5C[C@H](O)C6)nc4c3F)c12. The Morgan fingerprint density at radius 3 is 2.34 bits per heavy atom. The molecule has 2 aromatic carbocycles. The predicted octanol–water partition coefficient (Wildman–Crippen LogP) is 5.08. The molecule has 264 valence electrons. The van der Waals surface area contributed by atoms with Crippen molar-refractivity contribution in [3.05, 3.63) is 54.0 Å². The molecule has 5 atom stereocenters. The topological polar surface area (TPSA) is 124 Å². The first-order valence-corrected chi connectivity index (χ1v) is 17.8. The van der Waals surface area contributed by atoms with Crippen molar-refractivity contribution in [2.24, 2.45) is 0 Å². The Balaban J connectivity index is 1.20. The number of anilines is 1. The number of aromatic nitrogens is 3. The van der Waals surface area contributed by atoms with Gasteiger partial charge in [0.05, 0.1) is 35.2 Å². The molecule has 0 saturated carbocycles. The van der Waals surface area contributed by atoms with E-state index in [4.69, 9.17) is 19.4 Å². The molecule has 4 saturated heterocycles. The normalized spacial score (nSPS) is 26.6. The number of carbonyl (C=O) groups is 1. The van der Waals surface area contributed by atoms with Crippen molar-refractivity contribution in [1.82, 2.24) is 24.8 Å². The number of carbonyl (C=O) groups excluding carboxylic acids is 1. The molecule has 1 amide bonds. The molecule has 4 aliphatic rings. The van der Waals surface area contributed by atoms with E-state index in [2.05, 4.69) is 27.8 Å². The lowest BCUT2D eigenvalue weighted by atomic mass is 9.93. The molecule has 4 aromatic rings. The van der Waals surface area contributed by atoms with Crippen molar-refractivity contribution in [1.29, 1.82) is 0 Å². The highest BCUT2D eigenvalue weighted by molar-refractivity contribution is 6.00. The highest BCUT2D eigenvalue weighted by Gasteiger charge is 2.52. The van der Waals surface area contributed by atoms with E-state index < -0.39 is 29.2 Å². The van der Waals surface area contributed by atoms with E-state index in [1.807, 2.05) is 56.0 Å². The van der Waals surface area contributed by atoms with Gasteiger partial charge in [0.1, 0.15) is 29.2 Å². The first-order chi connectivity index (χ1) is 23.9. The maximum Gasteiger partial charge on any atom is 0.410 e. The largest absolute Gasteiger partial charge is 0.461 e. The summed E-state index contributed by atoms with van der Waals surface area (Å²) in [5.74, 6) is -0.0553. The molecule has 2 N–H and O–H groups in total. The minimum absolute atomic E-state index is 0.0229. The van der Waals surface area contributed by atoms with Crippen LogP contribution in [0.4, 0.5) is 15.0 Å². The zero-order chi connectivity index (χ0) is 34.9. The molecule has 6 heterocycles. The summed E-state index contributed by atoms with van der Waals surface area (Å²) in [6.45, 7) is 9.74. The number of aliphatic hydroxyl groups excluding tert-OH is 2. The van der Waals surface area contributed by atoms with Crippen molar-refractivity contribution in [2.45, 2.75) is 95.2 Å². The number of hydrogen-bond acceptors (Lipinski definition) is 10. The summed E-state index contributed by atoms with van der Waals surface area (Å²) in [7, 11) is 0. The fraction of sp³-hybridized carbons (Fsp3) is 0.526. The Kier molecular flexibility index (Phi) is 8.11. The van der Waals surface area contributed by atoms with Crippen LogP contribution in [0.5, 0.6) is 6.01 Å². The molecule has 50 heavy (non-hydrogen) atoms. The van der Waals surface area contributed by atoms with Gasteiger partial charge in [0.2, 0.25) is 0 Å². The van der Waals surface area contributed by atoms with Gasteiger partial charge >= 0.3 is 12.1 Å². The minimum atomic E-state index is -0.606. The molecule has 0 radical (unpaired) electrons. The molecule has 0 aliphatic carbocycles. The Labute approximate surface area is 291 Å². The Morgan fingerprint density at radius 2 is 1.68 bits per heavy atom. The van der Waals surface area contributed by atoms with E-state index in [0.29, 0.717) is 55.8 Å². The molecule has 0 spiro atoms. The number of benzene rings is 2. The number of aryl methyl sites for hydroxylation is 1. The van der Waals surface area contributed by atoms with Crippen LogP contribution in [0.2, 0.25) is 0 Å². The van der Waals surface area contributed by atoms with Gasteiger partial charge in [0.15, 0.2) is 5.82 Å². The molecular formula is C38H45FN6O5. The van der Waals surface area contributed by atoms with Crippen molar-refractivity contribution >= 4 is 33.6 Å².